The Labute approximate surface area is 117 Å². The highest BCUT2D eigenvalue weighted by Crippen LogP contribution is 2.74. The third-order valence-corrected chi connectivity index (χ3v) is 7.08. The first kappa shape index (κ1) is 13.2. The van der Waals surface area contributed by atoms with Gasteiger partial charge in [0.05, 0.1) is 0 Å². The van der Waals surface area contributed by atoms with Crippen LogP contribution < -0.4 is 0 Å². The van der Waals surface area contributed by atoms with Gasteiger partial charge >= 0.3 is 0 Å². The number of alkyl halides is 2. The fourth-order valence-electron chi connectivity index (χ4n) is 4.86. The van der Waals surface area contributed by atoms with Crippen LogP contribution in [0.15, 0.2) is 0 Å². The van der Waals surface area contributed by atoms with Gasteiger partial charge in [0.1, 0.15) is 4.87 Å². The number of Topliss-reactive ketones (excluding diaryl/α,β-unsaturated/α-hetero) is 1. The van der Waals surface area contributed by atoms with Crippen molar-refractivity contribution < 1.29 is 14.3 Å². The van der Waals surface area contributed by atoms with Gasteiger partial charge in [0.25, 0.3) is 0 Å². The van der Waals surface area contributed by atoms with E-state index in [0.29, 0.717) is 0 Å². The van der Waals surface area contributed by atoms with Crippen molar-refractivity contribution in [2.24, 2.45) is 17.8 Å². The van der Waals surface area contributed by atoms with Crippen molar-refractivity contribution in [1.82, 2.24) is 0 Å². The second kappa shape index (κ2) is 3.63. The molecule has 3 saturated carbocycles. The summed E-state index contributed by atoms with van der Waals surface area (Å²) in [6.07, 6.45) is 2.99. The van der Waals surface area contributed by atoms with E-state index in [9.17, 15) is 4.79 Å². The molecule has 5 heteroatoms. The summed E-state index contributed by atoms with van der Waals surface area (Å²) in [6.45, 7) is 1.85. The SMILES string of the molecule is COC1(OC)[C@@]2(Cl)[C@@H]3CCC[C@@H]3[C@]1(Cl)C(=O)[C@@H]2C. The van der Waals surface area contributed by atoms with Crippen LogP contribution in [-0.2, 0) is 14.3 Å². The van der Waals surface area contributed by atoms with Crippen LogP contribution in [0, 0.1) is 17.8 Å². The van der Waals surface area contributed by atoms with Gasteiger partial charge in [0, 0.05) is 20.1 Å². The van der Waals surface area contributed by atoms with Gasteiger partial charge in [0.15, 0.2) is 10.7 Å². The Morgan fingerprint density at radius 1 is 1.17 bits per heavy atom. The molecular weight excluding hydrogens is 275 g/mol. The molecule has 0 spiro atoms. The number of methoxy groups -OCH3 is 2. The summed E-state index contributed by atoms with van der Waals surface area (Å²) >= 11 is 13.7. The maximum absolute atomic E-state index is 12.6. The Morgan fingerprint density at radius 3 is 2.28 bits per heavy atom. The van der Waals surface area contributed by atoms with E-state index >= 15 is 0 Å². The van der Waals surface area contributed by atoms with Crippen LogP contribution in [0.1, 0.15) is 26.2 Å². The van der Waals surface area contributed by atoms with Gasteiger partial charge in [-0.15, -0.1) is 23.2 Å². The molecule has 0 saturated heterocycles. The minimum atomic E-state index is -1.20. The van der Waals surface area contributed by atoms with Crippen molar-refractivity contribution in [3.8, 4) is 0 Å². The molecule has 0 radical (unpaired) electrons. The number of hydrogen-bond acceptors (Lipinski definition) is 3. The zero-order valence-corrected chi connectivity index (χ0v) is 12.3. The van der Waals surface area contributed by atoms with Gasteiger partial charge in [-0.25, -0.2) is 0 Å². The number of ether oxygens (including phenoxy) is 2. The standard InChI is InChI=1S/C13H18Cl2O3/c1-7-10(16)12(15)9-6-4-5-8(9)11(7,14)13(12,17-2)18-3/h7-9H,4-6H2,1-3H3/t7-,8+,9-,11-,12-/m0/s1. The number of fused-ring (bicyclic) bond motifs is 5. The quantitative estimate of drug-likeness (QED) is 0.580. The zero-order chi connectivity index (χ0) is 13.3. The summed E-state index contributed by atoms with van der Waals surface area (Å²) in [5.41, 5.74) is 0. The fourth-order valence-corrected chi connectivity index (χ4v) is 6.30. The number of carbonyl (C=O) groups is 1. The van der Waals surface area contributed by atoms with Crippen molar-refractivity contribution >= 4 is 29.0 Å². The molecule has 2 bridgehead atoms. The normalized spacial score (nSPS) is 52.9. The molecule has 3 aliphatic carbocycles. The molecule has 0 aromatic rings. The van der Waals surface area contributed by atoms with Crippen LogP contribution in [0.3, 0.4) is 0 Å². The van der Waals surface area contributed by atoms with Gasteiger partial charge in [-0.05, 0) is 24.7 Å². The molecule has 18 heavy (non-hydrogen) atoms. The summed E-state index contributed by atoms with van der Waals surface area (Å²) in [6, 6.07) is 0. The topological polar surface area (TPSA) is 35.5 Å². The Balaban J connectivity index is 2.26. The number of halogens is 2. The summed E-state index contributed by atoms with van der Waals surface area (Å²) in [4.78, 5) is 10.6. The fraction of sp³-hybridized carbons (Fsp3) is 0.923. The van der Waals surface area contributed by atoms with E-state index in [1.165, 1.54) is 14.2 Å². The Morgan fingerprint density at radius 2 is 1.72 bits per heavy atom. The maximum Gasteiger partial charge on any atom is 0.215 e. The average Bonchev–Trinajstić information content (AvgIpc) is 2.94. The second-order valence-electron chi connectivity index (χ2n) is 5.73. The summed E-state index contributed by atoms with van der Waals surface area (Å²) in [7, 11) is 3.06. The first-order valence-electron chi connectivity index (χ1n) is 6.44. The van der Waals surface area contributed by atoms with E-state index in [4.69, 9.17) is 32.7 Å². The van der Waals surface area contributed by atoms with E-state index in [2.05, 4.69) is 0 Å². The molecular formula is C13H18Cl2O3. The third kappa shape index (κ3) is 0.963. The van der Waals surface area contributed by atoms with Crippen molar-refractivity contribution in [2.75, 3.05) is 14.2 Å². The van der Waals surface area contributed by atoms with Gasteiger partial charge in [-0.1, -0.05) is 13.3 Å². The largest absolute Gasteiger partial charge is 0.350 e. The highest BCUT2D eigenvalue weighted by atomic mass is 35.5. The number of hydrogen-bond donors (Lipinski definition) is 0. The lowest BCUT2D eigenvalue weighted by Gasteiger charge is -2.41. The van der Waals surface area contributed by atoms with Crippen LogP contribution >= 0.6 is 23.2 Å². The van der Waals surface area contributed by atoms with E-state index in [1.807, 2.05) is 6.92 Å². The monoisotopic (exact) mass is 292 g/mol. The third-order valence-electron chi connectivity index (χ3n) is 5.51. The molecule has 102 valence electrons. The predicted molar refractivity (Wildman–Crippen MR) is 68.9 cm³/mol. The Bertz CT molecular complexity index is 409. The maximum atomic E-state index is 12.6. The Hall–Kier alpha value is 0.170. The highest BCUT2D eigenvalue weighted by molar-refractivity contribution is 6.43. The minimum Gasteiger partial charge on any atom is -0.350 e. The van der Waals surface area contributed by atoms with Crippen molar-refractivity contribution in [2.45, 2.75) is 41.7 Å². The molecule has 0 amide bonds. The van der Waals surface area contributed by atoms with Crippen LogP contribution in [0.2, 0.25) is 0 Å². The smallest absolute Gasteiger partial charge is 0.215 e. The molecule has 0 unspecified atom stereocenters. The van der Waals surface area contributed by atoms with E-state index < -0.39 is 15.5 Å². The summed E-state index contributed by atoms with van der Waals surface area (Å²) in [5.74, 6) is -1.29. The lowest BCUT2D eigenvalue weighted by molar-refractivity contribution is -0.226. The molecule has 3 rings (SSSR count). The molecule has 0 N–H and O–H groups in total. The Kier molecular flexibility index (Phi) is 2.65. The summed E-state index contributed by atoms with van der Waals surface area (Å²) in [5, 5.41) is 0. The highest BCUT2D eigenvalue weighted by Gasteiger charge is 2.87. The van der Waals surface area contributed by atoms with Crippen LogP contribution in [0.25, 0.3) is 0 Å². The van der Waals surface area contributed by atoms with Gasteiger partial charge < -0.3 is 9.47 Å². The second-order valence-corrected chi connectivity index (χ2v) is 6.96. The van der Waals surface area contributed by atoms with Gasteiger partial charge in [-0.2, -0.15) is 0 Å². The van der Waals surface area contributed by atoms with Crippen LogP contribution in [0.5, 0.6) is 0 Å². The van der Waals surface area contributed by atoms with Crippen molar-refractivity contribution in [3.05, 3.63) is 0 Å². The molecule has 0 aromatic carbocycles. The summed E-state index contributed by atoms with van der Waals surface area (Å²) < 4.78 is 11.2. The lowest BCUT2D eigenvalue weighted by Crippen LogP contribution is -2.57. The van der Waals surface area contributed by atoms with Crippen LogP contribution in [-0.4, -0.2) is 35.5 Å². The lowest BCUT2D eigenvalue weighted by atomic mass is 9.75. The number of carbonyl (C=O) groups excluding carboxylic acids is 1. The molecule has 3 aliphatic rings. The molecule has 0 aromatic heterocycles. The van der Waals surface area contributed by atoms with Crippen LogP contribution in [0.4, 0.5) is 0 Å². The van der Waals surface area contributed by atoms with E-state index in [-0.39, 0.29) is 23.5 Å². The first-order chi connectivity index (χ1) is 8.41. The van der Waals surface area contributed by atoms with Crippen molar-refractivity contribution in [3.63, 3.8) is 0 Å². The van der Waals surface area contributed by atoms with Crippen molar-refractivity contribution in [1.29, 1.82) is 0 Å². The minimum absolute atomic E-state index is 0.0222. The average molecular weight is 293 g/mol. The number of ketones is 1. The molecule has 3 fully saturated rings. The van der Waals surface area contributed by atoms with Gasteiger partial charge in [0.2, 0.25) is 5.79 Å². The first-order valence-corrected chi connectivity index (χ1v) is 7.19. The molecule has 5 atom stereocenters. The molecule has 0 aliphatic heterocycles. The van der Waals surface area contributed by atoms with E-state index in [1.54, 1.807) is 0 Å². The number of rotatable bonds is 2. The molecule has 3 nitrogen and oxygen atoms in total. The van der Waals surface area contributed by atoms with Gasteiger partial charge in [-0.3, -0.25) is 4.79 Å². The predicted octanol–water partition coefficient (Wildman–Crippen LogP) is 2.58. The zero-order valence-electron chi connectivity index (χ0n) is 10.8. The molecule has 0 heterocycles. The van der Waals surface area contributed by atoms with E-state index in [0.717, 1.165) is 19.3 Å².